The fourth-order valence-corrected chi connectivity index (χ4v) is 1.78. The van der Waals surface area contributed by atoms with Gasteiger partial charge in [0.25, 0.3) is 0 Å². The smallest absolute Gasteiger partial charge is 0.160 e. The molecular formula is C10H5Br2FN2. The number of aromatic nitrogens is 2. The Hall–Kier alpha value is -0.810. The third kappa shape index (κ3) is 2.41. The van der Waals surface area contributed by atoms with Crippen molar-refractivity contribution in [2.45, 2.75) is 0 Å². The lowest BCUT2D eigenvalue weighted by Gasteiger charge is -2.01. The lowest BCUT2D eigenvalue weighted by atomic mass is 10.2. The highest BCUT2D eigenvalue weighted by Gasteiger charge is 2.05. The van der Waals surface area contributed by atoms with Crippen LogP contribution in [0, 0.1) is 5.82 Å². The van der Waals surface area contributed by atoms with Crippen LogP contribution in [0.4, 0.5) is 4.39 Å². The van der Waals surface area contributed by atoms with Crippen molar-refractivity contribution in [3.8, 4) is 11.4 Å². The van der Waals surface area contributed by atoms with Crippen molar-refractivity contribution >= 4 is 31.9 Å². The Balaban J connectivity index is 2.50. The van der Waals surface area contributed by atoms with Gasteiger partial charge in [-0.15, -0.1) is 0 Å². The number of nitrogens with zero attached hydrogens (tertiary/aromatic N) is 2. The number of hydrogen-bond acceptors (Lipinski definition) is 2. The van der Waals surface area contributed by atoms with Crippen molar-refractivity contribution in [3.63, 3.8) is 0 Å². The highest BCUT2D eigenvalue weighted by Crippen LogP contribution is 2.23. The second-order valence-corrected chi connectivity index (χ2v) is 4.50. The molecule has 2 rings (SSSR count). The van der Waals surface area contributed by atoms with Crippen LogP contribution >= 0.6 is 31.9 Å². The Kier molecular flexibility index (Phi) is 3.11. The highest BCUT2D eigenvalue weighted by atomic mass is 79.9. The quantitative estimate of drug-likeness (QED) is 0.743. The van der Waals surface area contributed by atoms with Crippen LogP contribution < -0.4 is 0 Å². The van der Waals surface area contributed by atoms with E-state index in [1.54, 1.807) is 24.4 Å². The molecule has 0 bridgehead atoms. The predicted molar refractivity (Wildman–Crippen MR) is 62.8 cm³/mol. The summed E-state index contributed by atoms with van der Waals surface area (Å²) in [5, 5.41) is 0. The Morgan fingerprint density at radius 2 is 1.93 bits per heavy atom. The maximum Gasteiger partial charge on any atom is 0.160 e. The molecule has 76 valence electrons. The topological polar surface area (TPSA) is 25.8 Å². The molecule has 0 aliphatic carbocycles. The third-order valence-corrected chi connectivity index (χ3v) is 2.85. The standard InChI is InChI=1S/C10H5Br2FN2/c11-7-5-6(1-2-8(7)13)10-14-4-3-9(12)15-10/h1-5H. The van der Waals surface area contributed by atoms with Gasteiger partial charge in [0.1, 0.15) is 10.4 Å². The van der Waals surface area contributed by atoms with E-state index in [4.69, 9.17) is 0 Å². The minimum Gasteiger partial charge on any atom is -0.237 e. The molecule has 0 aliphatic rings. The highest BCUT2D eigenvalue weighted by molar-refractivity contribution is 9.10. The summed E-state index contributed by atoms with van der Waals surface area (Å²) in [6, 6.07) is 6.41. The maximum atomic E-state index is 13.0. The molecular weight excluding hydrogens is 327 g/mol. The summed E-state index contributed by atoms with van der Waals surface area (Å²) >= 11 is 6.38. The van der Waals surface area contributed by atoms with Crippen molar-refractivity contribution < 1.29 is 4.39 Å². The number of benzene rings is 1. The Bertz CT molecular complexity index is 503. The van der Waals surface area contributed by atoms with E-state index in [-0.39, 0.29) is 5.82 Å². The third-order valence-electron chi connectivity index (χ3n) is 1.80. The Morgan fingerprint density at radius 1 is 1.13 bits per heavy atom. The fourth-order valence-electron chi connectivity index (χ4n) is 1.11. The van der Waals surface area contributed by atoms with Crippen LogP contribution in [-0.2, 0) is 0 Å². The first-order valence-electron chi connectivity index (χ1n) is 4.11. The van der Waals surface area contributed by atoms with Crippen LogP contribution in [0.5, 0.6) is 0 Å². The van der Waals surface area contributed by atoms with E-state index in [0.717, 1.165) is 5.56 Å². The second-order valence-electron chi connectivity index (χ2n) is 2.83. The minimum atomic E-state index is -0.297. The zero-order valence-corrected chi connectivity index (χ0v) is 10.6. The number of halogens is 3. The fraction of sp³-hybridized carbons (Fsp3) is 0. The first-order chi connectivity index (χ1) is 7.16. The molecule has 0 radical (unpaired) electrons. The molecule has 0 amide bonds. The van der Waals surface area contributed by atoms with Crippen molar-refractivity contribution in [2.24, 2.45) is 0 Å². The molecule has 1 aromatic heterocycles. The summed E-state index contributed by atoms with van der Waals surface area (Å²) < 4.78 is 14.1. The zero-order chi connectivity index (χ0) is 10.8. The zero-order valence-electron chi connectivity index (χ0n) is 7.42. The molecule has 0 unspecified atom stereocenters. The molecule has 5 heteroatoms. The summed E-state index contributed by atoms with van der Waals surface area (Å²) in [5.74, 6) is 0.263. The van der Waals surface area contributed by atoms with Crippen LogP contribution in [0.15, 0.2) is 39.5 Å². The van der Waals surface area contributed by atoms with E-state index < -0.39 is 0 Å². The summed E-state index contributed by atoms with van der Waals surface area (Å²) in [6.07, 6.45) is 1.64. The first-order valence-corrected chi connectivity index (χ1v) is 5.69. The van der Waals surface area contributed by atoms with E-state index in [1.807, 2.05) is 0 Å². The van der Waals surface area contributed by atoms with Gasteiger partial charge < -0.3 is 0 Å². The molecule has 0 aliphatic heterocycles. The summed E-state index contributed by atoms with van der Waals surface area (Å²) in [4.78, 5) is 8.27. The lowest BCUT2D eigenvalue weighted by Crippen LogP contribution is -1.89. The van der Waals surface area contributed by atoms with Crippen LogP contribution in [0.1, 0.15) is 0 Å². The van der Waals surface area contributed by atoms with Gasteiger partial charge in [0, 0.05) is 11.8 Å². The van der Waals surface area contributed by atoms with Crippen LogP contribution in [0.2, 0.25) is 0 Å². The number of hydrogen-bond donors (Lipinski definition) is 0. The summed E-state index contributed by atoms with van der Waals surface area (Å²) in [5.41, 5.74) is 0.768. The molecule has 0 spiro atoms. The molecule has 2 nitrogen and oxygen atoms in total. The predicted octanol–water partition coefficient (Wildman–Crippen LogP) is 3.81. The van der Waals surface area contributed by atoms with Gasteiger partial charge in [0.15, 0.2) is 5.82 Å². The SMILES string of the molecule is Fc1ccc(-c2nccc(Br)n2)cc1Br. The van der Waals surface area contributed by atoms with Gasteiger partial charge in [0.05, 0.1) is 4.47 Å². The molecule has 0 fully saturated rings. The summed E-state index contributed by atoms with van der Waals surface area (Å²) in [7, 11) is 0. The molecule has 0 saturated heterocycles. The lowest BCUT2D eigenvalue weighted by molar-refractivity contribution is 0.621. The van der Waals surface area contributed by atoms with Crippen molar-refractivity contribution in [3.05, 3.63) is 45.4 Å². The van der Waals surface area contributed by atoms with E-state index in [2.05, 4.69) is 41.8 Å². The van der Waals surface area contributed by atoms with E-state index in [1.165, 1.54) is 6.07 Å². The second kappa shape index (κ2) is 4.37. The molecule has 1 heterocycles. The Labute approximate surface area is 103 Å². The largest absolute Gasteiger partial charge is 0.237 e. The van der Waals surface area contributed by atoms with Gasteiger partial charge in [-0.05, 0) is 56.1 Å². The van der Waals surface area contributed by atoms with Gasteiger partial charge in [-0.25, -0.2) is 14.4 Å². The molecule has 0 saturated carbocycles. The number of rotatable bonds is 1. The maximum absolute atomic E-state index is 13.0. The van der Waals surface area contributed by atoms with E-state index in [9.17, 15) is 4.39 Å². The van der Waals surface area contributed by atoms with E-state index >= 15 is 0 Å². The van der Waals surface area contributed by atoms with Crippen LogP contribution in [0.25, 0.3) is 11.4 Å². The normalized spacial score (nSPS) is 10.3. The van der Waals surface area contributed by atoms with Crippen molar-refractivity contribution in [1.29, 1.82) is 0 Å². The monoisotopic (exact) mass is 330 g/mol. The van der Waals surface area contributed by atoms with Gasteiger partial charge in [-0.1, -0.05) is 0 Å². The van der Waals surface area contributed by atoms with Gasteiger partial charge in [-0.2, -0.15) is 0 Å². The molecule has 0 N–H and O–H groups in total. The first kappa shape index (κ1) is 10.7. The van der Waals surface area contributed by atoms with Crippen LogP contribution in [0.3, 0.4) is 0 Å². The van der Waals surface area contributed by atoms with Crippen molar-refractivity contribution in [1.82, 2.24) is 9.97 Å². The Morgan fingerprint density at radius 3 is 2.60 bits per heavy atom. The molecule has 15 heavy (non-hydrogen) atoms. The van der Waals surface area contributed by atoms with Crippen molar-refractivity contribution in [2.75, 3.05) is 0 Å². The minimum absolute atomic E-state index is 0.297. The molecule has 0 atom stereocenters. The van der Waals surface area contributed by atoms with Gasteiger partial charge in [-0.3, -0.25) is 0 Å². The molecule has 2 aromatic rings. The average Bonchev–Trinajstić information content (AvgIpc) is 2.22. The van der Waals surface area contributed by atoms with Gasteiger partial charge in [0.2, 0.25) is 0 Å². The molecule has 1 aromatic carbocycles. The van der Waals surface area contributed by atoms with E-state index in [0.29, 0.717) is 14.9 Å². The van der Waals surface area contributed by atoms with Crippen LogP contribution in [-0.4, -0.2) is 9.97 Å². The van der Waals surface area contributed by atoms with Gasteiger partial charge >= 0.3 is 0 Å². The summed E-state index contributed by atoms with van der Waals surface area (Å²) in [6.45, 7) is 0. The average molecular weight is 332 g/mol.